The number of hydrogen-bond donors (Lipinski definition) is 0. The number of nitrogens with zero attached hydrogens (tertiary/aromatic N) is 2. The van der Waals surface area contributed by atoms with Gasteiger partial charge in [-0.1, -0.05) is 210 Å². The van der Waals surface area contributed by atoms with Crippen LogP contribution in [0.1, 0.15) is 72.2 Å². The van der Waals surface area contributed by atoms with E-state index in [4.69, 9.17) is 0 Å². The Bertz CT molecular complexity index is 4460. The monoisotopic (exact) mass is 1020 g/mol. The third kappa shape index (κ3) is 6.97. The normalized spacial score (nSPS) is 14.9. The number of hydrogen-bond acceptors (Lipinski definition) is 2. The highest BCUT2D eigenvalue weighted by atomic mass is 15.2. The molecule has 2 heterocycles. The number of benzene rings is 12. The molecule has 80 heavy (non-hydrogen) atoms. The van der Waals surface area contributed by atoms with Crippen molar-refractivity contribution in [2.45, 2.75) is 64.2 Å². The Labute approximate surface area is 469 Å². The predicted molar refractivity (Wildman–Crippen MR) is 337 cm³/mol. The van der Waals surface area contributed by atoms with Gasteiger partial charge in [0.05, 0.1) is 0 Å². The van der Waals surface area contributed by atoms with Gasteiger partial charge < -0.3 is 9.80 Å². The Balaban J connectivity index is 0.975. The van der Waals surface area contributed by atoms with Gasteiger partial charge in [-0.05, 0) is 208 Å². The molecule has 16 rings (SSSR count). The van der Waals surface area contributed by atoms with Crippen LogP contribution >= 0.6 is 0 Å². The molecule has 2 aliphatic carbocycles. The quantitative estimate of drug-likeness (QED) is 0.159. The topological polar surface area (TPSA) is 6.48 Å². The fraction of sp³-hybridized carbons (Fsp3) is 0.128. The smallest absolute Gasteiger partial charge is 0.0493 e. The largest absolute Gasteiger partial charge is 0.310 e. The van der Waals surface area contributed by atoms with Crippen LogP contribution in [0.2, 0.25) is 0 Å². The van der Waals surface area contributed by atoms with Crippen molar-refractivity contribution in [1.82, 2.24) is 0 Å². The molecule has 2 heteroatoms. The van der Waals surface area contributed by atoms with Crippen molar-refractivity contribution in [2.75, 3.05) is 9.80 Å². The van der Waals surface area contributed by atoms with E-state index in [2.05, 4.69) is 280 Å². The lowest BCUT2D eigenvalue weighted by Crippen LogP contribution is -2.15. The lowest BCUT2D eigenvalue weighted by Gasteiger charge is -2.29. The predicted octanol–water partition coefficient (Wildman–Crippen LogP) is 20.7. The van der Waals surface area contributed by atoms with Crippen LogP contribution in [0.4, 0.5) is 34.1 Å². The lowest BCUT2D eigenvalue weighted by molar-refractivity contribution is 0.660. The summed E-state index contributed by atoms with van der Waals surface area (Å²) in [5, 5.41) is 4.93. The zero-order chi connectivity index (χ0) is 53.4. The second-order valence-corrected chi connectivity index (χ2v) is 23.8. The van der Waals surface area contributed by atoms with Crippen LogP contribution in [-0.4, -0.2) is 0 Å². The standard InChI is InChI=1S/C78H60N2/c1-77(2)68-24-12-10-22-60(68)64-45-55(38-44-69(64)77)49-29-35-54(36-30-49)75-62-42-39-58(80-73-27-15-7-19-52(73)33-34-53-20-8-16-28-74(53)80)48-66(62)76(56-37-41-61-59-21-9-11-23-67(59)78(3,4)70(61)46-56)63-43-40-57(47-65(63)75)79-71-25-13-5-17-50(71)31-32-51-18-6-14-26-72(51)79/h5-30,35-48H,31-34H2,1-4H3. The first-order valence-electron chi connectivity index (χ1n) is 28.7. The second kappa shape index (κ2) is 17.6. The van der Waals surface area contributed by atoms with E-state index in [1.54, 1.807) is 0 Å². The van der Waals surface area contributed by atoms with Crippen LogP contribution in [0, 0.1) is 0 Å². The number of anilines is 6. The molecular weight excluding hydrogens is 965 g/mol. The van der Waals surface area contributed by atoms with E-state index in [9.17, 15) is 0 Å². The first-order valence-corrected chi connectivity index (χ1v) is 28.7. The van der Waals surface area contributed by atoms with Crippen molar-refractivity contribution in [3.63, 3.8) is 0 Å². The Morgan fingerprint density at radius 3 is 1.15 bits per heavy atom. The van der Waals surface area contributed by atoms with Crippen molar-refractivity contribution in [3.8, 4) is 55.6 Å². The van der Waals surface area contributed by atoms with Gasteiger partial charge >= 0.3 is 0 Å². The molecule has 0 saturated carbocycles. The van der Waals surface area contributed by atoms with Gasteiger partial charge in [-0.15, -0.1) is 0 Å². The fourth-order valence-corrected chi connectivity index (χ4v) is 14.8. The summed E-state index contributed by atoms with van der Waals surface area (Å²) in [5.41, 5.74) is 30.8. The average Bonchev–Trinajstić information content (AvgIpc) is 3.73. The van der Waals surface area contributed by atoms with Crippen molar-refractivity contribution in [2.24, 2.45) is 0 Å². The minimum atomic E-state index is -0.168. The molecule has 2 aliphatic heterocycles. The van der Waals surface area contributed by atoms with Gasteiger partial charge in [0.1, 0.15) is 0 Å². The highest BCUT2D eigenvalue weighted by Gasteiger charge is 2.37. The highest BCUT2D eigenvalue weighted by molar-refractivity contribution is 6.23. The van der Waals surface area contributed by atoms with E-state index >= 15 is 0 Å². The summed E-state index contributed by atoms with van der Waals surface area (Å²) >= 11 is 0. The molecule has 0 atom stereocenters. The average molecular weight is 1030 g/mol. The molecule has 0 radical (unpaired) electrons. The maximum atomic E-state index is 2.54. The third-order valence-electron chi connectivity index (χ3n) is 18.8. The van der Waals surface area contributed by atoms with Crippen LogP contribution in [0.3, 0.4) is 0 Å². The summed E-state index contributed by atoms with van der Waals surface area (Å²) in [7, 11) is 0. The highest BCUT2D eigenvalue weighted by Crippen LogP contribution is 2.55. The molecule has 0 aromatic heterocycles. The molecule has 0 saturated heterocycles. The summed E-state index contributed by atoms with van der Waals surface area (Å²) in [6, 6.07) is 92.8. The molecule has 12 aromatic carbocycles. The number of aryl methyl sites for hydroxylation is 4. The minimum Gasteiger partial charge on any atom is -0.310 e. The van der Waals surface area contributed by atoms with E-state index in [1.807, 2.05) is 0 Å². The molecular formula is C78H60N2. The van der Waals surface area contributed by atoms with Gasteiger partial charge in [0, 0.05) is 45.0 Å². The van der Waals surface area contributed by atoms with Crippen molar-refractivity contribution in [1.29, 1.82) is 0 Å². The van der Waals surface area contributed by atoms with Gasteiger partial charge in [-0.3, -0.25) is 0 Å². The number of para-hydroxylation sites is 4. The molecule has 2 nitrogen and oxygen atoms in total. The molecule has 0 spiro atoms. The van der Waals surface area contributed by atoms with Crippen LogP contribution < -0.4 is 9.80 Å². The maximum absolute atomic E-state index is 2.54. The molecule has 382 valence electrons. The summed E-state index contributed by atoms with van der Waals surface area (Å²) in [4.78, 5) is 5.07. The molecule has 0 unspecified atom stereocenters. The van der Waals surface area contributed by atoms with Gasteiger partial charge in [0.25, 0.3) is 0 Å². The van der Waals surface area contributed by atoms with E-state index in [-0.39, 0.29) is 10.8 Å². The van der Waals surface area contributed by atoms with Crippen molar-refractivity contribution in [3.05, 3.63) is 287 Å². The zero-order valence-corrected chi connectivity index (χ0v) is 45.8. The molecule has 12 aromatic rings. The summed E-state index contributed by atoms with van der Waals surface area (Å²) in [6.07, 6.45) is 3.97. The maximum Gasteiger partial charge on any atom is 0.0493 e. The minimum absolute atomic E-state index is 0.0419. The zero-order valence-electron chi connectivity index (χ0n) is 45.8. The fourth-order valence-electron chi connectivity index (χ4n) is 14.8. The van der Waals surface area contributed by atoms with Crippen LogP contribution in [0.5, 0.6) is 0 Å². The Morgan fingerprint density at radius 1 is 0.263 bits per heavy atom. The molecule has 0 amide bonds. The second-order valence-electron chi connectivity index (χ2n) is 23.8. The SMILES string of the molecule is CC1(C)c2ccccc2-c2cc(-c3ccc(-c4c5ccc(N6c7ccccc7CCc7ccccc76)cc5c(-c5ccc6c(c5)C(C)(C)c5ccccc5-6)c5ccc(N6c7ccccc7CCc7ccccc76)cc45)cc3)ccc21. The summed E-state index contributed by atoms with van der Waals surface area (Å²) < 4.78 is 0. The van der Waals surface area contributed by atoms with Crippen LogP contribution in [0.15, 0.2) is 243 Å². The molecule has 0 bridgehead atoms. The lowest BCUT2D eigenvalue weighted by atomic mass is 9.80. The van der Waals surface area contributed by atoms with Crippen molar-refractivity contribution < 1.29 is 0 Å². The number of fused-ring (bicyclic) bond motifs is 12. The van der Waals surface area contributed by atoms with Gasteiger partial charge in [0.15, 0.2) is 0 Å². The molecule has 0 N–H and O–H groups in total. The van der Waals surface area contributed by atoms with Crippen LogP contribution in [0.25, 0.3) is 77.2 Å². The van der Waals surface area contributed by atoms with E-state index < -0.39 is 0 Å². The van der Waals surface area contributed by atoms with E-state index in [0.717, 1.165) is 37.1 Å². The van der Waals surface area contributed by atoms with Gasteiger partial charge in [0.2, 0.25) is 0 Å². The van der Waals surface area contributed by atoms with Gasteiger partial charge in [-0.25, -0.2) is 0 Å². The Morgan fingerprint density at radius 2 is 0.637 bits per heavy atom. The van der Waals surface area contributed by atoms with Gasteiger partial charge in [-0.2, -0.15) is 0 Å². The molecule has 0 fully saturated rings. The molecule has 4 aliphatic rings. The first kappa shape index (κ1) is 46.8. The number of rotatable bonds is 5. The summed E-state index contributed by atoms with van der Waals surface area (Å²) in [5.74, 6) is 0. The van der Waals surface area contributed by atoms with E-state index in [0.29, 0.717) is 0 Å². The Kier molecular flexibility index (Phi) is 10.3. The van der Waals surface area contributed by atoms with E-state index in [1.165, 1.54) is 144 Å². The summed E-state index contributed by atoms with van der Waals surface area (Å²) in [6.45, 7) is 9.53. The first-order chi connectivity index (χ1) is 39.2. The third-order valence-corrected chi connectivity index (χ3v) is 18.8. The van der Waals surface area contributed by atoms with Crippen molar-refractivity contribution >= 4 is 55.7 Å². The van der Waals surface area contributed by atoms with Crippen LogP contribution in [-0.2, 0) is 36.5 Å². The Hall–Kier alpha value is -9.24.